The van der Waals surface area contributed by atoms with Crippen molar-refractivity contribution in [3.63, 3.8) is 0 Å². The summed E-state index contributed by atoms with van der Waals surface area (Å²) in [5.74, 6) is 0. The molecule has 2 aromatic rings. The summed E-state index contributed by atoms with van der Waals surface area (Å²) < 4.78 is 0. The molecule has 3 rings (SSSR count). The van der Waals surface area contributed by atoms with Gasteiger partial charge in [0.2, 0.25) is 0 Å². The van der Waals surface area contributed by atoms with Crippen molar-refractivity contribution in [1.29, 1.82) is 0 Å². The van der Waals surface area contributed by atoms with Gasteiger partial charge in [-0.25, -0.2) is 0 Å². The highest BCUT2D eigenvalue weighted by molar-refractivity contribution is 5.21. The summed E-state index contributed by atoms with van der Waals surface area (Å²) in [4.78, 5) is 2.60. The molecule has 0 aromatic heterocycles. The largest absolute Gasteiger partial charge is 0.292 e. The van der Waals surface area contributed by atoms with E-state index in [2.05, 4.69) is 65.6 Å². The molecule has 18 heavy (non-hydrogen) atoms. The zero-order valence-corrected chi connectivity index (χ0v) is 10.6. The molecule has 1 heteroatoms. The van der Waals surface area contributed by atoms with Crippen LogP contribution in [0.25, 0.3) is 0 Å². The average molecular weight is 237 g/mol. The normalized spacial score (nSPS) is 20.1. The Kier molecular flexibility index (Phi) is 3.42. The van der Waals surface area contributed by atoms with Gasteiger partial charge in [-0.1, -0.05) is 60.7 Å². The Bertz CT molecular complexity index is 477. The SMILES string of the molecule is c1ccc(CN2CCC[C@@H]2c2ccccc2)cc1. The molecule has 1 saturated heterocycles. The van der Waals surface area contributed by atoms with Gasteiger partial charge in [-0.15, -0.1) is 0 Å². The van der Waals surface area contributed by atoms with Crippen LogP contribution in [0.4, 0.5) is 0 Å². The second-order valence-electron chi connectivity index (χ2n) is 5.02. The molecule has 0 aliphatic carbocycles. The fourth-order valence-corrected chi connectivity index (χ4v) is 2.89. The van der Waals surface area contributed by atoms with E-state index < -0.39 is 0 Å². The molecule has 1 aliphatic heterocycles. The molecule has 0 spiro atoms. The first-order valence-corrected chi connectivity index (χ1v) is 6.76. The Morgan fingerprint density at radius 2 is 1.56 bits per heavy atom. The number of nitrogens with zero attached hydrogens (tertiary/aromatic N) is 1. The van der Waals surface area contributed by atoms with Crippen LogP contribution in [0.5, 0.6) is 0 Å². The van der Waals surface area contributed by atoms with Gasteiger partial charge < -0.3 is 0 Å². The number of likely N-dealkylation sites (tertiary alicyclic amines) is 1. The molecule has 1 atom stereocenters. The highest BCUT2D eigenvalue weighted by Gasteiger charge is 2.25. The Morgan fingerprint density at radius 1 is 0.889 bits per heavy atom. The van der Waals surface area contributed by atoms with Crippen LogP contribution < -0.4 is 0 Å². The lowest BCUT2D eigenvalue weighted by Gasteiger charge is -2.24. The second kappa shape index (κ2) is 5.36. The monoisotopic (exact) mass is 237 g/mol. The topological polar surface area (TPSA) is 3.24 Å². The van der Waals surface area contributed by atoms with Crippen molar-refractivity contribution in [3.05, 3.63) is 71.8 Å². The summed E-state index contributed by atoms with van der Waals surface area (Å²) >= 11 is 0. The lowest BCUT2D eigenvalue weighted by atomic mass is 10.0. The summed E-state index contributed by atoms with van der Waals surface area (Å²) in [6.45, 7) is 2.29. The molecule has 0 amide bonds. The van der Waals surface area contributed by atoms with Crippen LogP contribution in [0.3, 0.4) is 0 Å². The molecule has 0 unspecified atom stereocenters. The summed E-state index contributed by atoms with van der Waals surface area (Å²) in [5.41, 5.74) is 2.88. The fraction of sp³-hybridized carbons (Fsp3) is 0.294. The van der Waals surface area contributed by atoms with E-state index in [0.717, 1.165) is 6.54 Å². The standard InChI is InChI=1S/C17H19N/c1-3-8-15(9-4-1)14-18-13-7-12-17(18)16-10-5-2-6-11-16/h1-6,8-11,17H,7,12-14H2/t17-/m1/s1. The minimum Gasteiger partial charge on any atom is -0.292 e. The van der Waals surface area contributed by atoms with E-state index in [4.69, 9.17) is 0 Å². The zero-order chi connectivity index (χ0) is 12.2. The predicted octanol–water partition coefficient (Wildman–Crippen LogP) is 4.02. The molecule has 92 valence electrons. The highest BCUT2D eigenvalue weighted by Crippen LogP contribution is 2.32. The first-order chi connectivity index (χ1) is 8.93. The van der Waals surface area contributed by atoms with Crippen molar-refractivity contribution in [2.24, 2.45) is 0 Å². The van der Waals surface area contributed by atoms with Gasteiger partial charge in [-0.2, -0.15) is 0 Å². The highest BCUT2D eigenvalue weighted by atomic mass is 15.2. The Balaban J connectivity index is 1.76. The van der Waals surface area contributed by atoms with Crippen molar-refractivity contribution in [1.82, 2.24) is 4.90 Å². The van der Waals surface area contributed by atoms with E-state index in [1.54, 1.807) is 0 Å². The number of rotatable bonds is 3. The van der Waals surface area contributed by atoms with Gasteiger partial charge in [-0.05, 0) is 30.5 Å². The molecule has 1 aliphatic rings. The number of benzene rings is 2. The van der Waals surface area contributed by atoms with Crippen molar-refractivity contribution >= 4 is 0 Å². The van der Waals surface area contributed by atoms with E-state index in [1.807, 2.05) is 0 Å². The summed E-state index contributed by atoms with van der Waals surface area (Å²) in [5, 5.41) is 0. The van der Waals surface area contributed by atoms with Crippen LogP contribution in [0.1, 0.15) is 30.0 Å². The number of hydrogen-bond donors (Lipinski definition) is 0. The van der Waals surface area contributed by atoms with Crippen LogP contribution in [0, 0.1) is 0 Å². The smallest absolute Gasteiger partial charge is 0.0352 e. The summed E-state index contributed by atoms with van der Waals surface area (Å²) in [6, 6.07) is 22.3. The van der Waals surface area contributed by atoms with E-state index >= 15 is 0 Å². The summed E-state index contributed by atoms with van der Waals surface area (Å²) in [6.07, 6.45) is 2.60. The second-order valence-corrected chi connectivity index (χ2v) is 5.02. The van der Waals surface area contributed by atoms with Crippen molar-refractivity contribution in [2.45, 2.75) is 25.4 Å². The first-order valence-electron chi connectivity index (χ1n) is 6.76. The van der Waals surface area contributed by atoms with Crippen molar-refractivity contribution in [2.75, 3.05) is 6.54 Å². The van der Waals surface area contributed by atoms with Gasteiger partial charge in [0, 0.05) is 12.6 Å². The molecule has 2 aromatic carbocycles. The molecule has 0 saturated carbocycles. The van der Waals surface area contributed by atoms with Crippen LogP contribution in [0.15, 0.2) is 60.7 Å². The third-order valence-electron chi connectivity index (χ3n) is 3.78. The molecule has 0 bridgehead atoms. The van der Waals surface area contributed by atoms with Gasteiger partial charge in [-0.3, -0.25) is 4.90 Å². The minimum atomic E-state index is 0.603. The third kappa shape index (κ3) is 2.46. The van der Waals surface area contributed by atoms with Crippen LogP contribution in [-0.2, 0) is 6.54 Å². The van der Waals surface area contributed by atoms with Crippen molar-refractivity contribution < 1.29 is 0 Å². The zero-order valence-electron chi connectivity index (χ0n) is 10.6. The van der Waals surface area contributed by atoms with Crippen LogP contribution in [0.2, 0.25) is 0 Å². The third-order valence-corrected chi connectivity index (χ3v) is 3.78. The van der Waals surface area contributed by atoms with E-state index in [-0.39, 0.29) is 0 Å². The molecular weight excluding hydrogens is 218 g/mol. The lowest BCUT2D eigenvalue weighted by molar-refractivity contribution is 0.248. The molecule has 0 N–H and O–H groups in total. The van der Waals surface area contributed by atoms with Gasteiger partial charge >= 0.3 is 0 Å². The van der Waals surface area contributed by atoms with Gasteiger partial charge in [0.1, 0.15) is 0 Å². The molecule has 1 nitrogen and oxygen atoms in total. The van der Waals surface area contributed by atoms with E-state index in [0.29, 0.717) is 6.04 Å². The van der Waals surface area contributed by atoms with Gasteiger partial charge in [0.25, 0.3) is 0 Å². The van der Waals surface area contributed by atoms with Gasteiger partial charge in [0.05, 0.1) is 0 Å². The molecular formula is C17H19N. The quantitative estimate of drug-likeness (QED) is 0.779. The summed E-state index contributed by atoms with van der Waals surface area (Å²) in [7, 11) is 0. The Labute approximate surface area is 109 Å². The molecule has 0 radical (unpaired) electrons. The molecule has 1 heterocycles. The van der Waals surface area contributed by atoms with Crippen LogP contribution >= 0.6 is 0 Å². The maximum Gasteiger partial charge on any atom is 0.0352 e. The maximum atomic E-state index is 2.60. The predicted molar refractivity (Wildman–Crippen MR) is 75.3 cm³/mol. The van der Waals surface area contributed by atoms with E-state index in [1.165, 1.54) is 30.5 Å². The fourth-order valence-electron chi connectivity index (χ4n) is 2.89. The Morgan fingerprint density at radius 3 is 2.28 bits per heavy atom. The van der Waals surface area contributed by atoms with Crippen LogP contribution in [-0.4, -0.2) is 11.4 Å². The average Bonchev–Trinajstić information content (AvgIpc) is 2.89. The Hall–Kier alpha value is -1.60. The van der Waals surface area contributed by atoms with Gasteiger partial charge in [0.15, 0.2) is 0 Å². The first kappa shape index (κ1) is 11.5. The van der Waals surface area contributed by atoms with E-state index in [9.17, 15) is 0 Å². The molecule has 1 fully saturated rings. The lowest BCUT2D eigenvalue weighted by Crippen LogP contribution is -2.22. The number of hydrogen-bond acceptors (Lipinski definition) is 1. The minimum absolute atomic E-state index is 0.603. The van der Waals surface area contributed by atoms with Crippen molar-refractivity contribution in [3.8, 4) is 0 Å². The maximum absolute atomic E-state index is 2.60.